The summed E-state index contributed by atoms with van der Waals surface area (Å²) in [6.07, 6.45) is 3.94. The Morgan fingerprint density at radius 2 is 1.91 bits per heavy atom. The molecule has 2 aromatic rings. The summed E-state index contributed by atoms with van der Waals surface area (Å²) in [6, 6.07) is 10.4. The van der Waals surface area contributed by atoms with Crippen LogP contribution in [0.1, 0.15) is 36.2 Å². The van der Waals surface area contributed by atoms with Gasteiger partial charge in [0.15, 0.2) is 0 Å². The molecule has 124 valence electrons. The smallest absolute Gasteiger partial charge is 0.0648 e. The van der Waals surface area contributed by atoms with E-state index >= 15 is 0 Å². The second-order valence-corrected chi connectivity index (χ2v) is 6.46. The van der Waals surface area contributed by atoms with Crippen LogP contribution in [-0.2, 0) is 11.3 Å². The molecule has 1 saturated heterocycles. The summed E-state index contributed by atoms with van der Waals surface area (Å²) >= 11 is 0. The third kappa shape index (κ3) is 3.65. The van der Waals surface area contributed by atoms with Crippen LogP contribution in [0.4, 0.5) is 0 Å². The van der Waals surface area contributed by atoms with E-state index in [1.165, 1.54) is 24.1 Å². The third-order valence-electron chi connectivity index (χ3n) is 4.92. The first kappa shape index (κ1) is 16.2. The maximum Gasteiger partial charge on any atom is 0.0648 e. The van der Waals surface area contributed by atoms with Crippen molar-refractivity contribution in [1.82, 2.24) is 14.7 Å². The van der Waals surface area contributed by atoms with Gasteiger partial charge in [-0.2, -0.15) is 5.10 Å². The summed E-state index contributed by atoms with van der Waals surface area (Å²) in [7, 11) is 1.83. The molecule has 1 atom stereocenters. The van der Waals surface area contributed by atoms with Gasteiger partial charge < -0.3 is 4.74 Å². The summed E-state index contributed by atoms with van der Waals surface area (Å²) in [4.78, 5) is 2.55. The summed E-state index contributed by atoms with van der Waals surface area (Å²) in [5, 5.41) is 4.77. The zero-order valence-corrected chi connectivity index (χ0v) is 14.5. The van der Waals surface area contributed by atoms with E-state index in [1.54, 1.807) is 0 Å². The average molecular weight is 313 g/mol. The lowest BCUT2D eigenvalue weighted by Gasteiger charge is -2.20. The van der Waals surface area contributed by atoms with Crippen molar-refractivity contribution in [2.24, 2.45) is 0 Å². The molecule has 4 nitrogen and oxygen atoms in total. The Hall–Kier alpha value is -1.65. The molecule has 1 fully saturated rings. The van der Waals surface area contributed by atoms with Gasteiger partial charge in [0.05, 0.1) is 17.5 Å². The van der Waals surface area contributed by atoms with Crippen LogP contribution in [0.25, 0.3) is 5.69 Å². The molecule has 23 heavy (non-hydrogen) atoms. The standard InChI is InChI=1S/C19H27N3O/c1-15-19(14-21-12-7-10-18(23-3)11-13-21)16(2)22(20-15)17-8-5-4-6-9-17/h4-6,8-9,18H,7,10-14H2,1-3H3. The van der Waals surface area contributed by atoms with Crippen molar-refractivity contribution in [3.05, 3.63) is 47.3 Å². The predicted octanol–water partition coefficient (Wildman–Crippen LogP) is 3.49. The Bertz CT molecular complexity index is 636. The monoisotopic (exact) mass is 313 g/mol. The molecular weight excluding hydrogens is 286 g/mol. The molecule has 3 rings (SSSR count). The Kier molecular flexibility index (Phi) is 5.13. The molecule has 2 heterocycles. The number of hydrogen-bond acceptors (Lipinski definition) is 3. The van der Waals surface area contributed by atoms with E-state index in [1.807, 2.05) is 13.2 Å². The molecule has 1 unspecified atom stereocenters. The fraction of sp³-hybridized carbons (Fsp3) is 0.526. The van der Waals surface area contributed by atoms with Gasteiger partial charge in [0.2, 0.25) is 0 Å². The van der Waals surface area contributed by atoms with Gasteiger partial charge in [0.25, 0.3) is 0 Å². The molecule has 1 aromatic carbocycles. The Morgan fingerprint density at radius 1 is 1.13 bits per heavy atom. The van der Waals surface area contributed by atoms with Crippen LogP contribution in [-0.4, -0.2) is 41.0 Å². The lowest BCUT2D eigenvalue weighted by Crippen LogP contribution is -2.25. The first-order valence-electron chi connectivity index (χ1n) is 8.54. The maximum atomic E-state index is 5.54. The minimum Gasteiger partial charge on any atom is -0.381 e. The molecule has 0 amide bonds. The van der Waals surface area contributed by atoms with Crippen LogP contribution in [0, 0.1) is 13.8 Å². The molecule has 0 saturated carbocycles. The average Bonchev–Trinajstić information content (AvgIpc) is 2.76. The van der Waals surface area contributed by atoms with Crippen LogP contribution in [0.3, 0.4) is 0 Å². The normalized spacial score (nSPS) is 19.7. The highest BCUT2D eigenvalue weighted by Gasteiger charge is 2.20. The minimum atomic E-state index is 0.425. The van der Waals surface area contributed by atoms with E-state index in [-0.39, 0.29) is 0 Å². The molecule has 0 N–H and O–H groups in total. The molecule has 1 aliphatic heterocycles. The molecule has 0 spiro atoms. The second kappa shape index (κ2) is 7.28. The molecule has 1 aromatic heterocycles. The van der Waals surface area contributed by atoms with Crippen LogP contribution >= 0.6 is 0 Å². The number of likely N-dealkylation sites (tertiary alicyclic amines) is 1. The molecule has 0 bridgehead atoms. The Morgan fingerprint density at radius 3 is 2.65 bits per heavy atom. The SMILES string of the molecule is COC1CCCN(Cc2c(C)nn(-c3ccccc3)c2C)CC1. The molecule has 0 aliphatic carbocycles. The van der Waals surface area contributed by atoms with Gasteiger partial charge in [-0.05, 0) is 51.8 Å². The topological polar surface area (TPSA) is 30.3 Å². The molecule has 0 radical (unpaired) electrons. The lowest BCUT2D eigenvalue weighted by molar-refractivity contribution is 0.0895. The largest absolute Gasteiger partial charge is 0.381 e. The van der Waals surface area contributed by atoms with Gasteiger partial charge in [-0.3, -0.25) is 4.90 Å². The number of para-hydroxylation sites is 1. The van der Waals surface area contributed by atoms with E-state index < -0.39 is 0 Å². The van der Waals surface area contributed by atoms with Crippen LogP contribution in [0.15, 0.2) is 30.3 Å². The number of aryl methyl sites for hydroxylation is 1. The fourth-order valence-corrected chi connectivity index (χ4v) is 3.47. The van der Waals surface area contributed by atoms with Crippen molar-refractivity contribution in [3.63, 3.8) is 0 Å². The van der Waals surface area contributed by atoms with Gasteiger partial charge in [0, 0.05) is 31.5 Å². The van der Waals surface area contributed by atoms with E-state index in [4.69, 9.17) is 9.84 Å². The first-order chi connectivity index (χ1) is 11.2. The number of benzene rings is 1. The van der Waals surface area contributed by atoms with E-state index in [9.17, 15) is 0 Å². The van der Waals surface area contributed by atoms with Crippen molar-refractivity contribution < 1.29 is 4.74 Å². The van der Waals surface area contributed by atoms with Crippen molar-refractivity contribution >= 4 is 0 Å². The van der Waals surface area contributed by atoms with Crippen molar-refractivity contribution in [2.45, 2.75) is 45.8 Å². The minimum absolute atomic E-state index is 0.425. The lowest BCUT2D eigenvalue weighted by atomic mass is 10.1. The molecular formula is C19H27N3O. The second-order valence-electron chi connectivity index (χ2n) is 6.46. The Balaban J connectivity index is 1.77. The molecule has 1 aliphatic rings. The van der Waals surface area contributed by atoms with Gasteiger partial charge in [-0.25, -0.2) is 4.68 Å². The number of aromatic nitrogens is 2. The van der Waals surface area contributed by atoms with Gasteiger partial charge in [-0.15, -0.1) is 0 Å². The first-order valence-corrected chi connectivity index (χ1v) is 8.54. The molecule has 4 heteroatoms. The van der Waals surface area contributed by atoms with Crippen molar-refractivity contribution in [2.75, 3.05) is 20.2 Å². The van der Waals surface area contributed by atoms with Crippen LogP contribution in [0.2, 0.25) is 0 Å². The number of rotatable bonds is 4. The number of nitrogens with zero attached hydrogens (tertiary/aromatic N) is 3. The summed E-state index contributed by atoms with van der Waals surface area (Å²) in [5.41, 5.74) is 4.89. The number of methoxy groups -OCH3 is 1. The van der Waals surface area contributed by atoms with Crippen molar-refractivity contribution in [1.29, 1.82) is 0 Å². The van der Waals surface area contributed by atoms with Crippen LogP contribution < -0.4 is 0 Å². The van der Waals surface area contributed by atoms with Crippen LogP contribution in [0.5, 0.6) is 0 Å². The Labute approximate surface area is 139 Å². The van der Waals surface area contributed by atoms with E-state index in [0.717, 1.165) is 37.4 Å². The van der Waals surface area contributed by atoms with Gasteiger partial charge in [0.1, 0.15) is 0 Å². The maximum absolute atomic E-state index is 5.54. The van der Waals surface area contributed by atoms with E-state index in [0.29, 0.717) is 6.10 Å². The summed E-state index contributed by atoms with van der Waals surface area (Å²) in [5.74, 6) is 0. The number of hydrogen-bond donors (Lipinski definition) is 0. The fourth-order valence-electron chi connectivity index (χ4n) is 3.47. The highest BCUT2D eigenvalue weighted by atomic mass is 16.5. The quantitative estimate of drug-likeness (QED) is 0.865. The van der Waals surface area contributed by atoms with Gasteiger partial charge >= 0.3 is 0 Å². The number of ether oxygens (including phenoxy) is 1. The predicted molar refractivity (Wildman–Crippen MR) is 93.0 cm³/mol. The summed E-state index contributed by atoms with van der Waals surface area (Å²) in [6.45, 7) is 7.54. The third-order valence-corrected chi connectivity index (χ3v) is 4.92. The summed E-state index contributed by atoms with van der Waals surface area (Å²) < 4.78 is 7.61. The van der Waals surface area contributed by atoms with Crippen molar-refractivity contribution in [3.8, 4) is 5.69 Å². The zero-order chi connectivity index (χ0) is 16.2. The van der Waals surface area contributed by atoms with E-state index in [2.05, 4.69) is 47.7 Å². The zero-order valence-electron chi connectivity index (χ0n) is 14.5. The highest BCUT2D eigenvalue weighted by Crippen LogP contribution is 2.21. The van der Waals surface area contributed by atoms with Gasteiger partial charge in [-0.1, -0.05) is 18.2 Å². The highest BCUT2D eigenvalue weighted by molar-refractivity contribution is 5.36.